The number of carbonyl (C=O) groups excluding carboxylic acids is 3. The molecule has 2 atom stereocenters. The first-order valence-corrected chi connectivity index (χ1v) is 6.48. The molecule has 0 aliphatic carbocycles. The van der Waals surface area contributed by atoms with Gasteiger partial charge in [-0.3, -0.25) is 14.4 Å². The van der Waals surface area contributed by atoms with E-state index in [9.17, 15) is 14.4 Å². The summed E-state index contributed by atoms with van der Waals surface area (Å²) in [4.78, 5) is 33.7. The van der Waals surface area contributed by atoms with Crippen LogP contribution in [0.5, 0.6) is 0 Å². The summed E-state index contributed by atoms with van der Waals surface area (Å²) in [7, 11) is 0. The van der Waals surface area contributed by atoms with Crippen LogP contribution >= 0.6 is 0 Å². The van der Waals surface area contributed by atoms with Crippen LogP contribution in [0.2, 0.25) is 0 Å². The molecule has 1 heterocycles. The SMILES string of the molecule is CC[C@@H](C(N)=O)N1CCCC1=O.CC[C@H](N)C(N)=O. The van der Waals surface area contributed by atoms with Crippen molar-refractivity contribution in [3.8, 4) is 0 Å². The van der Waals surface area contributed by atoms with E-state index in [2.05, 4.69) is 0 Å². The lowest BCUT2D eigenvalue weighted by molar-refractivity contribution is -0.136. The van der Waals surface area contributed by atoms with Crippen LogP contribution in [0, 0.1) is 0 Å². The van der Waals surface area contributed by atoms with E-state index in [4.69, 9.17) is 17.2 Å². The number of hydrogen-bond acceptors (Lipinski definition) is 4. The standard InChI is InChI=1S/C8H14N2O2.C4H10N2O/c1-2-6(8(9)12)10-5-3-4-7(10)11;1-2-3(5)4(6)7/h6H,2-5H2,1H3,(H2,9,12);3H,2,5H2,1H3,(H2,6,7)/t6-;3-/m00/s1. The lowest BCUT2D eigenvalue weighted by Crippen LogP contribution is -2.44. The normalized spacial score (nSPS) is 17.4. The van der Waals surface area contributed by atoms with E-state index in [0.717, 1.165) is 6.42 Å². The molecule has 6 N–H and O–H groups in total. The van der Waals surface area contributed by atoms with Crippen LogP contribution in [-0.2, 0) is 14.4 Å². The molecule has 7 nitrogen and oxygen atoms in total. The first-order chi connectivity index (χ1) is 8.84. The van der Waals surface area contributed by atoms with Crippen LogP contribution in [0.4, 0.5) is 0 Å². The smallest absolute Gasteiger partial charge is 0.240 e. The highest BCUT2D eigenvalue weighted by molar-refractivity contribution is 5.87. The summed E-state index contributed by atoms with van der Waals surface area (Å²) in [5.74, 6) is -0.768. The third-order valence-corrected chi connectivity index (χ3v) is 3.01. The Morgan fingerprint density at radius 2 is 1.79 bits per heavy atom. The Kier molecular flexibility index (Phi) is 7.74. The number of nitrogens with two attached hydrogens (primary N) is 3. The van der Waals surface area contributed by atoms with Crippen molar-refractivity contribution in [3.63, 3.8) is 0 Å². The molecule has 0 bridgehead atoms. The molecule has 0 unspecified atom stereocenters. The second kappa shape index (κ2) is 8.47. The fraction of sp³-hybridized carbons (Fsp3) is 0.750. The third-order valence-electron chi connectivity index (χ3n) is 3.01. The Bertz CT molecular complexity index is 333. The average molecular weight is 272 g/mol. The Morgan fingerprint density at radius 1 is 1.21 bits per heavy atom. The zero-order chi connectivity index (χ0) is 15.0. The average Bonchev–Trinajstić information content (AvgIpc) is 2.76. The molecular weight excluding hydrogens is 248 g/mol. The van der Waals surface area contributed by atoms with Gasteiger partial charge < -0.3 is 22.1 Å². The van der Waals surface area contributed by atoms with Gasteiger partial charge in [0.1, 0.15) is 6.04 Å². The van der Waals surface area contributed by atoms with Crippen LogP contribution in [0.15, 0.2) is 0 Å². The fourth-order valence-electron chi connectivity index (χ4n) is 1.77. The minimum atomic E-state index is -0.458. The Balaban J connectivity index is 0.000000399. The molecule has 1 rings (SSSR count). The maximum absolute atomic E-state index is 11.2. The number of nitrogens with zero attached hydrogens (tertiary/aromatic N) is 1. The van der Waals surface area contributed by atoms with Crippen molar-refractivity contribution >= 4 is 17.7 Å². The Hall–Kier alpha value is -1.63. The second-order valence-corrected chi connectivity index (χ2v) is 4.43. The molecule has 0 saturated carbocycles. The van der Waals surface area contributed by atoms with Gasteiger partial charge in [0.15, 0.2) is 0 Å². The van der Waals surface area contributed by atoms with Crippen LogP contribution in [-0.4, -0.2) is 41.2 Å². The molecule has 1 fully saturated rings. The van der Waals surface area contributed by atoms with Crippen LogP contribution in [0.1, 0.15) is 39.5 Å². The topological polar surface area (TPSA) is 133 Å². The van der Waals surface area contributed by atoms with Crippen LogP contribution < -0.4 is 17.2 Å². The summed E-state index contributed by atoms with van der Waals surface area (Å²) in [6.45, 7) is 4.36. The van der Waals surface area contributed by atoms with E-state index < -0.39 is 17.9 Å². The number of rotatable bonds is 5. The van der Waals surface area contributed by atoms with Gasteiger partial charge >= 0.3 is 0 Å². The number of carbonyl (C=O) groups is 3. The molecule has 0 radical (unpaired) electrons. The van der Waals surface area contributed by atoms with Crippen molar-refractivity contribution < 1.29 is 14.4 Å². The number of primary amides is 2. The molecule has 1 saturated heterocycles. The van der Waals surface area contributed by atoms with Crippen molar-refractivity contribution in [2.24, 2.45) is 17.2 Å². The van der Waals surface area contributed by atoms with E-state index >= 15 is 0 Å². The highest BCUT2D eigenvalue weighted by Gasteiger charge is 2.29. The Morgan fingerprint density at radius 3 is 2.00 bits per heavy atom. The summed E-state index contributed by atoms with van der Waals surface area (Å²) >= 11 is 0. The lowest BCUT2D eigenvalue weighted by Gasteiger charge is -2.23. The molecule has 0 aromatic heterocycles. The van der Waals surface area contributed by atoms with Gasteiger partial charge in [-0.2, -0.15) is 0 Å². The molecular formula is C12H24N4O3. The van der Waals surface area contributed by atoms with E-state index in [-0.39, 0.29) is 11.9 Å². The van der Waals surface area contributed by atoms with Crippen molar-refractivity contribution in [2.75, 3.05) is 6.54 Å². The molecule has 7 heteroatoms. The highest BCUT2D eigenvalue weighted by Crippen LogP contribution is 2.15. The van der Waals surface area contributed by atoms with Gasteiger partial charge in [0, 0.05) is 13.0 Å². The maximum Gasteiger partial charge on any atom is 0.240 e. The minimum Gasteiger partial charge on any atom is -0.368 e. The van der Waals surface area contributed by atoms with Gasteiger partial charge in [-0.25, -0.2) is 0 Å². The zero-order valence-corrected chi connectivity index (χ0v) is 11.6. The van der Waals surface area contributed by atoms with Crippen molar-refractivity contribution in [1.29, 1.82) is 0 Å². The van der Waals surface area contributed by atoms with Gasteiger partial charge in [0.25, 0.3) is 0 Å². The molecule has 0 spiro atoms. The van der Waals surface area contributed by atoms with Gasteiger partial charge in [-0.1, -0.05) is 13.8 Å². The molecule has 110 valence electrons. The minimum absolute atomic E-state index is 0.0562. The summed E-state index contributed by atoms with van der Waals surface area (Å²) in [5.41, 5.74) is 15.1. The maximum atomic E-state index is 11.2. The first-order valence-electron chi connectivity index (χ1n) is 6.48. The van der Waals surface area contributed by atoms with Crippen molar-refractivity contribution in [2.45, 2.75) is 51.6 Å². The molecule has 3 amide bonds. The molecule has 19 heavy (non-hydrogen) atoms. The zero-order valence-electron chi connectivity index (χ0n) is 11.6. The highest BCUT2D eigenvalue weighted by atomic mass is 16.2. The molecule has 1 aliphatic rings. The van der Waals surface area contributed by atoms with Gasteiger partial charge in [-0.15, -0.1) is 0 Å². The van der Waals surface area contributed by atoms with Gasteiger partial charge in [0.05, 0.1) is 6.04 Å². The Labute approximate surface area is 113 Å². The lowest BCUT2D eigenvalue weighted by atomic mass is 10.2. The predicted molar refractivity (Wildman–Crippen MR) is 71.7 cm³/mol. The van der Waals surface area contributed by atoms with Gasteiger partial charge in [0.2, 0.25) is 17.7 Å². The van der Waals surface area contributed by atoms with Crippen molar-refractivity contribution in [1.82, 2.24) is 4.90 Å². The van der Waals surface area contributed by atoms with Crippen LogP contribution in [0.3, 0.4) is 0 Å². The largest absolute Gasteiger partial charge is 0.368 e. The van der Waals surface area contributed by atoms with Crippen molar-refractivity contribution in [3.05, 3.63) is 0 Å². The fourth-order valence-corrected chi connectivity index (χ4v) is 1.77. The van der Waals surface area contributed by atoms with E-state index in [0.29, 0.717) is 25.8 Å². The summed E-state index contributed by atoms with van der Waals surface area (Å²) in [6.07, 6.45) is 2.64. The second-order valence-electron chi connectivity index (χ2n) is 4.43. The first kappa shape index (κ1) is 17.4. The van der Waals surface area contributed by atoms with E-state index in [1.54, 1.807) is 4.90 Å². The van der Waals surface area contributed by atoms with Crippen LogP contribution in [0.25, 0.3) is 0 Å². The molecule has 0 aromatic rings. The predicted octanol–water partition coefficient (Wildman–Crippen LogP) is -0.918. The van der Waals surface area contributed by atoms with E-state index in [1.807, 2.05) is 13.8 Å². The number of hydrogen-bond donors (Lipinski definition) is 3. The molecule has 1 aliphatic heterocycles. The summed E-state index contributed by atoms with van der Waals surface area (Å²) in [6, 6.07) is -0.847. The number of likely N-dealkylation sites (tertiary alicyclic amines) is 1. The van der Waals surface area contributed by atoms with Gasteiger partial charge in [-0.05, 0) is 19.3 Å². The number of amides is 3. The quantitative estimate of drug-likeness (QED) is 0.597. The summed E-state index contributed by atoms with van der Waals surface area (Å²) in [5, 5.41) is 0. The third kappa shape index (κ3) is 5.69. The molecule has 0 aromatic carbocycles. The van der Waals surface area contributed by atoms with E-state index in [1.165, 1.54) is 0 Å². The summed E-state index contributed by atoms with van der Waals surface area (Å²) < 4.78 is 0. The monoisotopic (exact) mass is 272 g/mol.